The summed E-state index contributed by atoms with van der Waals surface area (Å²) in [5.74, 6) is -0.657. The van der Waals surface area contributed by atoms with E-state index in [9.17, 15) is 18.0 Å². The van der Waals surface area contributed by atoms with Gasteiger partial charge in [-0.15, -0.1) is 11.3 Å². The lowest BCUT2D eigenvalue weighted by molar-refractivity contribution is -0.173. The standard InChI is InChI=1S/C20H18ClF3N4OS/c1-2-11-6-3-4-7-12(11)26-19(29)17-16(21)18-25-13(14-8-5-9-30-14)10-15(20(22,23)24)28(18)27-17/h3-9,13,15,25H,2,10H2,1H3,(H,26,29)/t13-,15+/m0/s1. The summed E-state index contributed by atoms with van der Waals surface area (Å²) in [6.45, 7) is 1.94. The highest BCUT2D eigenvalue weighted by Crippen LogP contribution is 2.46. The molecule has 1 aliphatic heterocycles. The Labute approximate surface area is 179 Å². The zero-order chi connectivity index (χ0) is 21.5. The van der Waals surface area contributed by atoms with Crippen LogP contribution >= 0.6 is 22.9 Å². The van der Waals surface area contributed by atoms with Crippen LogP contribution in [0.5, 0.6) is 0 Å². The third-order valence-corrected chi connectivity index (χ3v) is 6.39. The Bertz CT molecular complexity index is 1060. The Morgan fingerprint density at radius 1 is 1.33 bits per heavy atom. The first kappa shape index (κ1) is 20.7. The number of nitrogens with zero attached hydrogens (tertiary/aromatic N) is 2. The molecule has 4 rings (SSSR count). The van der Waals surface area contributed by atoms with Gasteiger partial charge < -0.3 is 10.6 Å². The van der Waals surface area contributed by atoms with Crippen LogP contribution in [0.3, 0.4) is 0 Å². The van der Waals surface area contributed by atoms with Crippen LogP contribution in [0.2, 0.25) is 5.02 Å². The number of amides is 1. The molecule has 0 aliphatic carbocycles. The molecule has 3 aromatic rings. The highest BCUT2D eigenvalue weighted by atomic mass is 35.5. The Morgan fingerprint density at radius 3 is 2.77 bits per heavy atom. The number of aryl methyl sites for hydroxylation is 1. The van der Waals surface area contributed by atoms with Gasteiger partial charge >= 0.3 is 6.18 Å². The first-order chi connectivity index (χ1) is 14.3. The Balaban J connectivity index is 1.70. The average molecular weight is 455 g/mol. The van der Waals surface area contributed by atoms with Gasteiger partial charge in [0.25, 0.3) is 5.91 Å². The second-order valence-corrected chi connectivity index (χ2v) is 8.28. The fourth-order valence-electron chi connectivity index (χ4n) is 3.54. The van der Waals surface area contributed by atoms with Crippen LogP contribution in [0, 0.1) is 0 Å². The summed E-state index contributed by atoms with van der Waals surface area (Å²) in [5, 5.41) is 11.4. The first-order valence-corrected chi connectivity index (χ1v) is 10.6. The zero-order valence-corrected chi connectivity index (χ0v) is 17.4. The zero-order valence-electron chi connectivity index (χ0n) is 15.8. The predicted octanol–water partition coefficient (Wildman–Crippen LogP) is 6.07. The van der Waals surface area contributed by atoms with Crippen molar-refractivity contribution in [2.75, 3.05) is 10.6 Å². The van der Waals surface area contributed by atoms with E-state index in [0.29, 0.717) is 12.1 Å². The minimum Gasteiger partial charge on any atom is -0.361 e. The van der Waals surface area contributed by atoms with Crippen molar-refractivity contribution in [1.82, 2.24) is 9.78 Å². The topological polar surface area (TPSA) is 59.0 Å². The minimum absolute atomic E-state index is 0.00225. The van der Waals surface area contributed by atoms with Crippen molar-refractivity contribution in [3.63, 3.8) is 0 Å². The summed E-state index contributed by atoms with van der Waals surface area (Å²) in [5.41, 5.74) is 1.23. The molecule has 0 spiro atoms. The van der Waals surface area contributed by atoms with E-state index in [4.69, 9.17) is 11.6 Å². The molecule has 5 nitrogen and oxygen atoms in total. The van der Waals surface area contributed by atoms with Gasteiger partial charge in [0.1, 0.15) is 10.8 Å². The monoisotopic (exact) mass is 454 g/mol. The van der Waals surface area contributed by atoms with Crippen LogP contribution in [-0.4, -0.2) is 21.9 Å². The quantitative estimate of drug-likeness (QED) is 0.502. The number of nitrogens with one attached hydrogen (secondary N) is 2. The van der Waals surface area contributed by atoms with Crippen molar-refractivity contribution in [3.05, 3.63) is 62.9 Å². The largest absolute Gasteiger partial charge is 0.410 e. The van der Waals surface area contributed by atoms with Crippen LogP contribution in [0.25, 0.3) is 0 Å². The number of fused-ring (bicyclic) bond motifs is 1. The number of para-hydroxylation sites is 1. The maximum atomic E-state index is 13.8. The van der Waals surface area contributed by atoms with Crippen molar-refractivity contribution < 1.29 is 18.0 Å². The third kappa shape index (κ3) is 3.79. The van der Waals surface area contributed by atoms with E-state index >= 15 is 0 Å². The van der Waals surface area contributed by atoms with E-state index in [0.717, 1.165) is 15.1 Å². The second-order valence-electron chi connectivity index (χ2n) is 6.93. The maximum absolute atomic E-state index is 13.8. The summed E-state index contributed by atoms with van der Waals surface area (Å²) >= 11 is 7.71. The van der Waals surface area contributed by atoms with Gasteiger partial charge in [0.2, 0.25) is 0 Å². The van der Waals surface area contributed by atoms with Crippen molar-refractivity contribution in [2.24, 2.45) is 0 Å². The number of anilines is 2. The Kier molecular flexibility index (Phi) is 5.50. The lowest BCUT2D eigenvalue weighted by Gasteiger charge is -2.32. The minimum atomic E-state index is -4.54. The highest BCUT2D eigenvalue weighted by molar-refractivity contribution is 7.10. The smallest absolute Gasteiger partial charge is 0.361 e. The van der Waals surface area contributed by atoms with Gasteiger partial charge in [0.05, 0.1) is 6.04 Å². The lowest BCUT2D eigenvalue weighted by Crippen LogP contribution is -2.35. The molecule has 30 heavy (non-hydrogen) atoms. The van der Waals surface area contributed by atoms with E-state index in [2.05, 4.69) is 15.7 Å². The number of thiophene rings is 1. The molecule has 0 bridgehead atoms. The molecular formula is C20H18ClF3N4OS. The normalized spacial score (nSPS) is 18.6. The van der Waals surface area contributed by atoms with Gasteiger partial charge in [0, 0.05) is 17.0 Å². The third-order valence-electron chi connectivity index (χ3n) is 5.04. The van der Waals surface area contributed by atoms with Gasteiger partial charge in [-0.3, -0.25) is 4.79 Å². The SMILES string of the molecule is CCc1ccccc1NC(=O)c1nn2c(c1Cl)N[C@H](c1cccs1)C[C@@H]2C(F)(F)F. The molecule has 0 fully saturated rings. The van der Waals surface area contributed by atoms with Gasteiger partial charge in [-0.2, -0.15) is 18.3 Å². The average Bonchev–Trinajstić information content (AvgIpc) is 3.35. The van der Waals surface area contributed by atoms with Crippen molar-refractivity contribution in [1.29, 1.82) is 0 Å². The summed E-state index contributed by atoms with van der Waals surface area (Å²) in [4.78, 5) is 13.6. The molecular weight excluding hydrogens is 437 g/mol. The van der Waals surface area contributed by atoms with Crippen LogP contribution in [0.4, 0.5) is 24.7 Å². The van der Waals surface area contributed by atoms with Crippen LogP contribution in [-0.2, 0) is 6.42 Å². The van der Waals surface area contributed by atoms with E-state index in [-0.39, 0.29) is 23.0 Å². The van der Waals surface area contributed by atoms with Gasteiger partial charge in [-0.05, 0) is 29.5 Å². The molecule has 2 atom stereocenters. The van der Waals surface area contributed by atoms with Crippen LogP contribution < -0.4 is 10.6 Å². The molecule has 0 unspecified atom stereocenters. The molecule has 1 amide bonds. The molecule has 1 aliphatic rings. The summed E-state index contributed by atoms with van der Waals surface area (Å²) in [6.07, 6.45) is -4.09. The Morgan fingerprint density at radius 2 is 2.10 bits per heavy atom. The van der Waals surface area contributed by atoms with E-state index < -0.39 is 24.2 Å². The molecule has 158 valence electrons. The summed E-state index contributed by atoms with van der Waals surface area (Å²) < 4.78 is 42.2. The van der Waals surface area contributed by atoms with E-state index in [1.54, 1.807) is 29.6 Å². The predicted molar refractivity (Wildman–Crippen MR) is 111 cm³/mol. The summed E-state index contributed by atoms with van der Waals surface area (Å²) in [6, 6.07) is 8.29. The van der Waals surface area contributed by atoms with Gasteiger partial charge in [0.15, 0.2) is 11.7 Å². The molecule has 0 radical (unpaired) electrons. The fraction of sp³-hybridized carbons (Fsp3) is 0.300. The number of halogens is 4. The van der Waals surface area contributed by atoms with Gasteiger partial charge in [-0.1, -0.05) is 42.8 Å². The number of rotatable bonds is 4. The highest BCUT2D eigenvalue weighted by Gasteiger charge is 2.48. The number of aromatic nitrogens is 2. The first-order valence-electron chi connectivity index (χ1n) is 9.33. The van der Waals surface area contributed by atoms with Crippen LogP contribution in [0.1, 0.15) is 46.4 Å². The van der Waals surface area contributed by atoms with Crippen molar-refractivity contribution in [3.8, 4) is 0 Å². The number of carbonyl (C=O) groups is 1. The molecule has 2 aromatic heterocycles. The second kappa shape index (κ2) is 7.96. The molecule has 0 saturated heterocycles. The fourth-order valence-corrected chi connectivity index (χ4v) is 4.60. The van der Waals surface area contributed by atoms with E-state index in [1.165, 1.54) is 11.3 Å². The van der Waals surface area contributed by atoms with Gasteiger partial charge in [-0.25, -0.2) is 4.68 Å². The molecule has 0 saturated carbocycles. The van der Waals surface area contributed by atoms with Crippen molar-refractivity contribution >= 4 is 40.4 Å². The molecule has 10 heteroatoms. The van der Waals surface area contributed by atoms with Crippen molar-refractivity contribution in [2.45, 2.75) is 38.0 Å². The lowest BCUT2D eigenvalue weighted by atomic mass is 10.0. The molecule has 2 N–H and O–H groups in total. The maximum Gasteiger partial charge on any atom is 0.410 e. The Hall–Kier alpha value is -2.52. The molecule has 3 heterocycles. The molecule has 1 aromatic carbocycles. The number of benzene rings is 1. The number of carbonyl (C=O) groups excluding carboxylic acids is 1. The number of hydrogen-bond donors (Lipinski definition) is 2. The van der Waals surface area contributed by atoms with E-state index in [1.807, 2.05) is 19.1 Å². The number of hydrogen-bond acceptors (Lipinski definition) is 4. The summed E-state index contributed by atoms with van der Waals surface area (Å²) in [7, 11) is 0. The number of alkyl halides is 3. The van der Waals surface area contributed by atoms with Crippen LogP contribution in [0.15, 0.2) is 41.8 Å².